The van der Waals surface area contributed by atoms with E-state index in [0.29, 0.717) is 21.2 Å². The highest BCUT2D eigenvalue weighted by atomic mass is 35.5. The van der Waals surface area contributed by atoms with E-state index in [1.54, 1.807) is 24.4 Å². The number of nitrogens with zero attached hydrogens (tertiary/aromatic N) is 4. The lowest BCUT2D eigenvalue weighted by Gasteiger charge is -2.21. The molecule has 0 bridgehead atoms. The topological polar surface area (TPSA) is 69.4 Å². The number of aromatic hydroxyl groups is 1. The Kier molecular flexibility index (Phi) is 5.93. The molecule has 8 heteroatoms. The van der Waals surface area contributed by atoms with E-state index < -0.39 is 0 Å². The molecule has 3 aromatic rings. The molecule has 0 atom stereocenters. The van der Waals surface area contributed by atoms with Gasteiger partial charge in [-0.15, -0.1) is 0 Å². The molecular formula is C19H20ClN5OS. The smallest absolute Gasteiger partial charge is 0.216 e. The quantitative estimate of drug-likeness (QED) is 0.464. The van der Waals surface area contributed by atoms with Crippen molar-refractivity contribution in [3.05, 3.63) is 57.8 Å². The summed E-state index contributed by atoms with van der Waals surface area (Å²) in [6.07, 6.45) is 1.56. The van der Waals surface area contributed by atoms with Crippen LogP contribution in [0.5, 0.6) is 5.75 Å². The number of H-pyrrole nitrogens is 1. The normalized spacial score (nSPS) is 11.2. The monoisotopic (exact) mass is 401 g/mol. The molecule has 27 heavy (non-hydrogen) atoms. The maximum atomic E-state index is 10.4. The number of hydrogen-bond donors (Lipinski definition) is 2. The van der Waals surface area contributed by atoms with Crippen LogP contribution in [-0.4, -0.2) is 39.3 Å². The van der Waals surface area contributed by atoms with Crippen LogP contribution >= 0.6 is 23.8 Å². The number of anilines is 1. The molecule has 2 aromatic carbocycles. The third kappa shape index (κ3) is 4.20. The second-order valence-electron chi connectivity index (χ2n) is 5.83. The first-order valence-corrected chi connectivity index (χ1v) is 9.37. The van der Waals surface area contributed by atoms with Crippen molar-refractivity contribution >= 4 is 35.7 Å². The molecular weight excluding hydrogens is 382 g/mol. The minimum atomic E-state index is 0.159. The van der Waals surface area contributed by atoms with E-state index in [1.165, 1.54) is 4.68 Å². The molecule has 0 aliphatic rings. The van der Waals surface area contributed by atoms with Gasteiger partial charge < -0.3 is 10.0 Å². The zero-order valence-electron chi connectivity index (χ0n) is 15.1. The van der Waals surface area contributed by atoms with Gasteiger partial charge in [0.05, 0.1) is 6.21 Å². The van der Waals surface area contributed by atoms with E-state index in [0.717, 1.165) is 24.3 Å². The molecule has 0 fully saturated rings. The number of rotatable bonds is 6. The Morgan fingerprint density at radius 2 is 1.93 bits per heavy atom. The summed E-state index contributed by atoms with van der Waals surface area (Å²) >= 11 is 11.2. The van der Waals surface area contributed by atoms with E-state index in [-0.39, 0.29) is 5.75 Å². The van der Waals surface area contributed by atoms with Crippen molar-refractivity contribution in [1.82, 2.24) is 14.9 Å². The SMILES string of the molecule is CCN(CC)c1ccc(/C=N/n2c(-c3ccc(Cl)cc3)n[nH]c2=S)c(O)c1. The van der Waals surface area contributed by atoms with Gasteiger partial charge in [0.1, 0.15) is 5.75 Å². The summed E-state index contributed by atoms with van der Waals surface area (Å²) in [6.45, 7) is 5.90. The summed E-state index contributed by atoms with van der Waals surface area (Å²) in [4.78, 5) is 2.16. The fourth-order valence-corrected chi connectivity index (χ4v) is 3.04. The van der Waals surface area contributed by atoms with Crippen molar-refractivity contribution < 1.29 is 5.11 Å². The maximum absolute atomic E-state index is 10.4. The minimum Gasteiger partial charge on any atom is -0.507 e. The van der Waals surface area contributed by atoms with Crippen molar-refractivity contribution in [3.8, 4) is 17.1 Å². The summed E-state index contributed by atoms with van der Waals surface area (Å²) in [5.74, 6) is 0.721. The maximum Gasteiger partial charge on any atom is 0.216 e. The number of hydrogen-bond acceptors (Lipinski definition) is 5. The number of phenolic OH excluding ortho intramolecular Hbond substituents is 1. The molecule has 0 amide bonds. The zero-order valence-corrected chi connectivity index (χ0v) is 16.6. The van der Waals surface area contributed by atoms with E-state index in [1.807, 2.05) is 24.3 Å². The highest BCUT2D eigenvalue weighted by Crippen LogP contribution is 2.24. The Hall–Kier alpha value is -2.64. The first-order valence-electron chi connectivity index (χ1n) is 8.59. The summed E-state index contributed by atoms with van der Waals surface area (Å²) in [7, 11) is 0. The van der Waals surface area contributed by atoms with Gasteiger partial charge in [-0.25, -0.2) is 5.10 Å². The van der Waals surface area contributed by atoms with Crippen molar-refractivity contribution in [2.45, 2.75) is 13.8 Å². The first kappa shape index (κ1) is 19.1. The lowest BCUT2D eigenvalue weighted by Crippen LogP contribution is -2.21. The van der Waals surface area contributed by atoms with E-state index >= 15 is 0 Å². The standard InChI is InChI=1S/C19H20ClN5OS/c1-3-24(4-2)16-10-7-14(17(26)11-16)12-21-25-18(22-23-19(25)27)13-5-8-15(20)9-6-13/h5-12,26H,3-4H2,1-2H3,(H,23,27)/b21-12+. The van der Waals surface area contributed by atoms with Gasteiger partial charge >= 0.3 is 0 Å². The van der Waals surface area contributed by atoms with Crippen LogP contribution < -0.4 is 4.90 Å². The molecule has 0 saturated heterocycles. The van der Waals surface area contributed by atoms with Gasteiger partial charge in [-0.1, -0.05) is 11.6 Å². The molecule has 140 valence electrons. The van der Waals surface area contributed by atoms with Gasteiger partial charge in [0.2, 0.25) is 4.77 Å². The Morgan fingerprint density at radius 3 is 2.56 bits per heavy atom. The van der Waals surface area contributed by atoms with Crippen LogP contribution in [0.1, 0.15) is 19.4 Å². The molecule has 1 heterocycles. The predicted octanol–water partition coefficient (Wildman–Crippen LogP) is 4.70. The molecule has 0 aliphatic heterocycles. The third-order valence-electron chi connectivity index (χ3n) is 4.21. The average Bonchev–Trinajstić information content (AvgIpc) is 3.03. The fourth-order valence-electron chi connectivity index (χ4n) is 2.73. The molecule has 3 rings (SSSR count). The van der Waals surface area contributed by atoms with Crippen molar-refractivity contribution in [3.63, 3.8) is 0 Å². The molecule has 6 nitrogen and oxygen atoms in total. The van der Waals surface area contributed by atoms with E-state index in [2.05, 4.69) is 34.0 Å². The fraction of sp³-hybridized carbons (Fsp3) is 0.211. The van der Waals surface area contributed by atoms with Gasteiger partial charge in [0, 0.05) is 41.0 Å². The molecule has 0 radical (unpaired) electrons. The Labute approximate surface area is 167 Å². The van der Waals surface area contributed by atoms with Crippen molar-refractivity contribution in [1.29, 1.82) is 0 Å². The molecule has 2 N–H and O–H groups in total. The van der Waals surface area contributed by atoms with Gasteiger partial charge in [-0.3, -0.25) is 0 Å². The number of halogens is 1. The van der Waals surface area contributed by atoms with Crippen LogP contribution in [0.25, 0.3) is 11.4 Å². The summed E-state index contributed by atoms with van der Waals surface area (Å²) in [6, 6.07) is 12.8. The molecule has 1 aromatic heterocycles. The van der Waals surface area contributed by atoms with Crippen LogP contribution in [0.3, 0.4) is 0 Å². The van der Waals surface area contributed by atoms with E-state index in [9.17, 15) is 5.11 Å². The molecule has 0 saturated carbocycles. The van der Waals surface area contributed by atoms with Gasteiger partial charge in [-0.2, -0.15) is 14.9 Å². The second-order valence-corrected chi connectivity index (χ2v) is 6.65. The molecule has 0 spiro atoms. The number of phenols is 1. The van der Waals surface area contributed by atoms with Gasteiger partial charge in [0.25, 0.3) is 0 Å². The van der Waals surface area contributed by atoms with E-state index in [4.69, 9.17) is 23.8 Å². The van der Waals surface area contributed by atoms with Crippen molar-refractivity contribution in [2.24, 2.45) is 5.10 Å². The summed E-state index contributed by atoms with van der Waals surface area (Å²) in [5.41, 5.74) is 2.39. The highest BCUT2D eigenvalue weighted by molar-refractivity contribution is 7.71. The van der Waals surface area contributed by atoms with Crippen LogP contribution in [-0.2, 0) is 0 Å². The van der Waals surface area contributed by atoms with Gasteiger partial charge in [0.15, 0.2) is 5.82 Å². The van der Waals surface area contributed by atoms with Gasteiger partial charge in [-0.05, 0) is 62.5 Å². The Morgan fingerprint density at radius 1 is 1.22 bits per heavy atom. The number of nitrogens with one attached hydrogen (secondary N) is 1. The lowest BCUT2D eigenvalue weighted by atomic mass is 10.2. The molecule has 0 unspecified atom stereocenters. The Balaban J connectivity index is 1.92. The van der Waals surface area contributed by atoms with Crippen LogP contribution in [0.15, 0.2) is 47.6 Å². The van der Waals surface area contributed by atoms with Crippen LogP contribution in [0.2, 0.25) is 5.02 Å². The highest BCUT2D eigenvalue weighted by Gasteiger charge is 2.09. The van der Waals surface area contributed by atoms with Crippen LogP contribution in [0, 0.1) is 4.77 Å². The summed E-state index contributed by atoms with van der Waals surface area (Å²) in [5, 5.41) is 22.4. The largest absolute Gasteiger partial charge is 0.507 e. The number of aromatic nitrogens is 3. The number of benzene rings is 2. The summed E-state index contributed by atoms with van der Waals surface area (Å²) < 4.78 is 1.87. The molecule has 0 aliphatic carbocycles. The van der Waals surface area contributed by atoms with Crippen molar-refractivity contribution in [2.75, 3.05) is 18.0 Å². The zero-order chi connectivity index (χ0) is 19.4. The number of aromatic amines is 1. The lowest BCUT2D eigenvalue weighted by molar-refractivity contribution is 0.474. The predicted molar refractivity (Wildman–Crippen MR) is 113 cm³/mol. The Bertz CT molecular complexity index is 1010. The second kappa shape index (κ2) is 8.37. The minimum absolute atomic E-state index is 0.159. The third-order valence-corrected chi connectivity index (χ3v) is 4.72. The van der Waals surface area contributed by atoms with Crippen LogP contribution in [0.4, 0.5) is 5.69 Å². The first-order chi connectivity index (χ1) is 13.0. The average molecular weight is 402 g/mol.